The molecular weight excluding hydrogens is 311 g/mol. The zero-order valence-electron chi connectivity index (χ0n) is 11.0. The monoisotopic (exact) mass is 324 g/mol. The van der Waals surface area contributed by atoms with E-state index in [1.54, 1.807) is 24.7 Å². The third-order valence-corrected chi connectivity index (χ3v) is 3.92. The fourth-order valence-electron chi connectivity index (χ4n) is 2.12. The predicted molar refractivity (Wildman–Crippen MR) is 74.8 cm³/mol. The van der Waals surface area contributed by atoms with Gasteiger partial charge in [-0.25, -0.2) is 4.39 Å². The van der Waals surface area contributed by atoms with Crippen LogP contribution in [-0.2, 0) is 13.5 Å². The van der Waals surface area contributed by atoms with Gasteiger partial charge in [-0.05, 0) is 37.6 Å². The lowest BCUT2D eigenvalue weighted by atomic mass is 10.0. The Balaban J connectivity index is 2.33. The highest BCUT2D eigenvalue weighted by Crippen LogP contribution is 2.21. The minimum absolute atomic E-state index is 0.0469. The topological polar surface area (TPSA) is 34.9 Å². The molecule has 0 fully saturated rings. The highest BCUT2D eigenvalue weighted by Gasteiger charge is 2.18. The Hall–Kier alpha value is -1.49. The second kappa shape index (κ2) is 5.25. The van der Waals surface area contributed by atoms with Crippen molar-refractivity contribution in [3.05, 3.63) is 51.0 Å². The molecule has 1 aromatic carbocycles. The van der Waals surface area contributed by atoms with Crippen molar-refractivity contribution >= 4 is 21.7 Å². The van der Waals surface area contributed by atoms with Crippen molar-refractivity contribution < 1.29 is 9.18 Å². The molecule has 2 rings (SSSR count). The van der Waals surface area contributed by atoms with Gasteiger partial charge in [-0.1, -0.05) is 15.9 Å². The molecule has 19 heavy (non-hydrogen) atoms. The SMILES string of the molecule is Cc1nn(C)c(C)c1C(=O)Cc1cc(F)ccc1Br. The molecule has 0 atom stereocenters. The summed E-state index contributed by atoms with van der Waals surface area (Å²) in [7, 11) is 1.80. The fourth-order valence-corrected chi connectivity index (χ4v) is 2.50. The number of ketones is 1. The molecule has 0 aliphatic carbocycles. The van der Waals surface area contributed by atoms with Gasteiger partial charge in [-0.15, -0.1) is 0 Å². The van der Waals surface area contributed by atoms with Gasteiger partial charge in [0.1, 0.15) is 5.82 Å². The van der Waals surface area contributed by atoms with Crippen molar-refractivity contribution in [2.45, 2.75) is 20.3 Å². The maximum absolute atomic E-state index is 13.2. The number of carbonyl (C=O) groups excluding carboxylic acids is 1. The van der Waals surface area contributed by atoms with Gasteiger partial charge in [0.15, 0.2) is 5.78 Å². The molecule has 1 aromatic heterocycles. The largest absolute Gasteiger partial charge is 0.294 e. The minimum atomic E-state index is -0.342. The van der Waals surface area contributed by atoms with E-state index < -0.39 is 0 Å². The smallest absolute Gasteiger partial charge is 0.170 e. The number of nitrogens with zero attached hydrogens (tertiary/aromatic N) is 2. The first-order chi connectivity index (χ1) is 8.90. The molecule has 0 aliphatic heterocycles. The fraction of sp³-hybridized carbons (Fsp3) is 0.286. The molecular formula is C14H14BrFN2O. The van der Waals surface area contributed by atoms with Gasteiger partial charge in [0.05, 0.1) is 11.3 Å². The van der Waals surface area contributed by atoms with Crippen LogP contribution in [0, 0.1) is 19.7 Å². The molecule has 3 nitrogen and oxygen atoms in total. The molecule has 0 amide bonds. The normalized spacial score (nSPS) is 10.8. The van der Waals surface area contributed by atoms with Crippen LogP contribution in [0.25, 0.3) is 0 Å². The zero-order chi connectivity index (χ0) is 14.2. The summed E-state index contributed by atoms with van der Waals surface area (Å²) < 4.78 is 15.6. The van der Waals surface area contributed by atoms with Crippen LogP contribution in [0.5, 0.6) is 0 Å². The average Bonchev–Trinajstić information content (AvgIpc) is 2.58. The quantitative estimate of drug-likeness (QED) is 0.811. The first-order valence-electron chi connectivity index (χ1n) is 5.87. The Morgan fingerprint density at radius 1 is 1.42 bits per heavy atom. The summed E-state index contributed by atoms with van der Waals surface area (Å²) >= 11 is 3.33. The summed E-state index contributed by atoms with van der Waals surface area (Å²) in [5, 5.41) is 4.22. The van der Waals surface area contributed by atoms with Gasteiger partial charge in [0, 0.05) is 23.6 Å². The molecule has 5 heteroatoms. The van der Waals surface area contributed by atoms with Crippen LogP contribution in [0.2, 0.25) is 0 Å². The van der Waals surface area contributed by atoms with Gasteiger partial charge < -0.3 is 0 Å². The summed E-state index contributed by atoms with van der Waals surface area (Å²) in [5.41, 5.74) is 2.80. The summed E-state index contributed by atoms with van der Waals surface area (Å²) in [6, 6.07) is 4.35. The maximum Gasteiger partial charge on any atom is 0.170 e. The number of Topliss-reactive ketones (excluding diaryl/α,β-unsaturated/α-hetero) is 1. The van der Waals surface area contributed by atoms with Crippen LogP contribution in [0.15, 0.2) is 22.7 Å². The third kappa shape index (κ3) is 2.76. The molecule has 0 N–H and O–H groups in total. The number of aryl methyl sites for hydroxylation is 2. The van der Waals surface area contributed by atoms with E-state index in [9.17, 15) is 9.18 Å². The van der Waals surface area contributed by atoms with Crippen LogP contribution in [0.3, 0.4) is 0 Å². The van der Waals surface area contributed by atoms with E-state index in [0.717, 1.165) is 10.2 Å². The highest BCUT2D eigenvalue weighted by molar-refractivity contribution is 9.10. The van der Waals surface area contributed by atoms with Crippen LogP contribution in [0.1, 0.15) is 27.3 Å². The van der Waals surface area contributed by atoms with Gasteiger partial charge in [-0.3, -0.25) is 9.48 Å². The first-order valence-corrected chi connectivity index (χ1v) is 6.66. The van der Waals surface area contributed by atoms with E-state index >= 15 is 0 Å². The molecule has 0 bridgehead atoms. The number of hydrogen-bond acceptors (Lipinski definition) is 2. The summed E-state index contributed by atoms with van der Waals surface area (Å²) in [4.78, 5) is 12.3. The lowest BCUT2D eigenvalue weighted by molar-refractivity contribution is 0.0991. The molecule has 1 heterocycles. The number of benzene rings is 1. The maximum atomic E-state index is 13.2. The molecule has 0 aliphatic rings. The predicted octanol–water partition coefficient (Wildman–Crippen LogP) is 3.36. The van der Waals surface area contributed by atoms with Crippen LogP contribution in [-0.4, -0.2) is 15.6 Å². The van der Waals surface area contributed by atoms with Crippen molar-refractivity contribution in [2.75, 3.05) is 0 Å². The van der Waals surface area contributed by atoms with Gasteiger partial charge in [0.25, 0.3) is 0 Å². The minimum Gasteiger partial charge on any atom is -0.294 e. The Morgan fingerprint density at radius 3 is 2.68 bits per heavy atom. The van der Waals surface area contributed by atoms with E-state index in [4.69, 9.17) is 0 Å². The summed E-state index contributed by atoms with van der Waals surface area (Å²) in [5.74, 6) is -0.389. The third-order valence-electron chi connectivity index (χ3n) is 3.15. The van der Waals surface area contributed by atoms with Gasteiger partial charge in [0.2, 0.25) is 0 Å². The van der Waals surface area contributed by atoms with Crippen LogP contribution >= 0.6 is 15.9 Å². The van der Waals surface area contributed by atoms with Crippen molar-refractivity contribution in [3.8, 4) is 0 Å². The molecule has 2 aromatic rings. The lowest BCUT2D eigenvalue weighted by Gasteiger charge is -2.05. The standard InChI is InChI=1S/C14H14BrFN2O/c1-8-14(9(2)18(3)17-8)13(19)7-10-6-11(16)4-5-12(10)15/h4-6H,7H2,1-3H3. The number of halogens is 2. The Morgan fingerprint density at radius 2 is 2.11 bits per heavy atom. The van der Waals surface area contributed by atoms with Crippen LogP contribution in [0.4, 0.5) is 4.39 Å². The van der Waals surface area contributed by atoms with E-state index in [0.29, 0.717) is 16.8 Å². The Labute approximate surface area is 119 Å². The van der Waals surface area contributed by atoms with Crippen molar-refractivity contribution in [2.24, 2.45) is 7.05 Å². The van der Waals surface area contributed by atoms with E-state index in [-0.39, 0.29) is 18.0 Å². The molecule has 100 valence electrons. The average molecular weight is 325 g/mol. The van der Waals surface area contributed by atoms with E-state index in [1.807, 2.05) is 6.92 Å². The Kier molecular flexibility index (Phi) is 3.85. The second-order valence-electron chi connectivity index (χ2n) is 4.51. The zero-order valence-corrected chi connectivity index (χ0v) is 12.6. The lowest BCUT2D eigenvalue weighted by Crippen LogP contribution is -2.07. The van der Waals surface area contributed by atoms with Crippen molar-refractivity contribution in [3.63, 3.8) is 0 Å². The number of hydrogen-bond donors (Lipinski definition) is 0. The van der Waals surface area contributed by atoms with Crippen LogP contribution < -0.4 is 0 Å². The van der Waals surface area contributed by atoms with E-state index in [1.165, 1.54) is 12.1 Å². The molecule has 0 unspecified atom stereocenters. The second-order valence-corrected chi connectivity index (χ2v) is 5.36. The summed E-state index contributed by atoms with van der Waals surface area (Å²) in [6.45, 7) is 3.66. The Bertz CT molecular complexity index is 649. The highest BCUT2D eigenvalue weighted by atomic mass is 79.9. The molecule has 0 saturated carbocycles. The number of rotatable bonds is 3. The molecule has 0 spiro atoms. The van der Waals surface area contributed by atoms with Crippen molar-refractivity contribution in [1.82, 2.24) is 9.78 Å². The van der Waals surface area contributed by atoms with Crippen molar-refractivity contribution in [1.29, 1.82) is 0 Å². The summed E-state index contributed by atoms with van der Waals surface area (Å²) in [6.07, 6.45) is 0.158. The molecule has 0 saturated heterocycles. The first kappa shape index (κ1) is 13.9. The van der Waals surface area contributed by atoms with E-state index in [2.05, 4.69) is 21.0 Å². The number of carbonyl (C=O) groups is 1. The van der Waals surface area contributed by atoms with Gasteiger partial charge >= 0.3 is 0 Å². The molecule has 0 radical (unpaired) electrons. The number of aromatic nitrogens is 2. The van der Waals surface area contributed by atoms with Gasteiger partial charge in [-0.2, -0.15) is 5.10 Å².